The van der Waals surface area contributed by atoms with E-state index in [0.717, 1.165) is 17.7 Å². The number of hydrogen-bond acceptors (Lipinski definition) is 3. The van der Waals surface area contributed by atoms with Gasteiger partial charge >= 0.3 is 0 Å². The standard InChI is InChI=1S/C22H16ClF3O3/c23-21-15(25)11-18-13(10-17(29-18)12-4-2-1-3-5-12)19(21)20-16(28-9-8-27)7-6-14(24)22(20)26/h1-7,11,17,27H,8-10H2. The average Bonchev–Trinajstić information content (AvgIpc) is 3.15. The molecule has 1 aliphatic heterocycles. The Balaban J connectivity index is 1.89. The van der Waals surface area contributed by atoms with Gasteiger partial charge in [0.15, 0.2) is 11.6 Å². The molecule has 3 aromatic carbocycles. The van der Waals surface area contributed by atoms with Crippen LogP contribution in [0.5, 0.6) is 11.5 Å². The van der Waals surface area contributed by atoms with Crippen molar-refractivity contribution < 1.29 is 27.8 Å². The molecule has 0 saturated heterocycles. The molecule has 1 atom stereocenters. The fourth-order valence-electron chi connectivity index (χ4n) is 3.48. The third-order valence-electron chi connectivity index (χ3n) is 4.77. The van der Waals surface area contributed by atoms with E-state index in [0.29, 0.717) is 12.0 Å². The predicted octanol–water partition coefficient (Wildman–Crippen LogP) is 5.47. The molecule has 0 bridgehead atoms. The number of ether oxygens (including phenoxy) is 2. The summed E-state index contributed by atoms with van der Waals surface area (Å²) in [6.45, 7) is -0.469. The van der Waals surface area contributed by atoms with Gasteiger partial charge in [0, 0.05) is 23.6 Å². The van der Waals surface area contributed by atoms with Gasteiger partial charge in [0.2, 0.25) is 0 Å². The van der Waals surface area contributed by atoms with Crippen molar-refractivity contribution in [2.45, 2.75) is 12.5 Å². The summed E-state index contributed by atoms with van der Waals surface area (Å²) in [7, 11) is 0. The number of aliphatic hydroxyl groups is 1. The van der Waals surface area contributed by atoms with Crippen molar-refractivity contribution in [2.24, 2.45) is 0 Å². The van der Waals surface area contributed by atoms with Gasteiger partial charge in [-0.3, -0.25) is 0 Å². The molecule has 29 heavy (non-hydrogen) atoms. The predicted molar refractivity (Wildman–Crippen MR) is 103 cm³/mol. The fraction of sp³-hybridized carbons (Fsp3) is 0.182. The van der Waals surface area contributed by atoms with Gasteiger partial charge in [-0.2, -0.15) is 0 Å². The van der Waals surface area contributed by atoms with Gasteiger partial charge in [0.25, 0.3) is 0 Å². The summed E-state index contributed by atoms with van der Waals surface area (Å²) in [6, 6.07) is 12.6. The fourth-order valence-corrected chi connectivity index (χ4v) is 3.75. The molecule has 3 nitrogen and oxygen atoms in total. The molecule has 3 aromatic rings. The minimum absolute atomic E-state index is 0.00922. The van der Waals surface area contributed by atoms with Gasteiger partial charge in [-0.15, -0.1) is 0 Å². The smallest absolute Gasteiger partial charge is 0.170 e. The second-order valence-corrected chi connectivity index (χ2v) is 6.93. The third-order valence-corrected chi connectivity index (χ3v) is 5.14. The van der Waals surface area contributed by atoms with E-state index in [-0.39, 0.29) is 40.9 Å². The first-order chi connectivity index (χ1) is 14.0. The summed E-state index contributed by atoms with van der Waals surface area (Å²) in [5, 5.41) is 8.68. The van der Waals surface area contributed by atoms with Gasteiger partial charge in [0.1, 0.15) is 30.0 Å². The molecule has 1 unspecified atom stereocenters. The summed E-state index contributed by atoms with van der Waals surface area (Å²) in [5.41, 5.74) is 1.02. The van der Waals surface area contributed by atoms with Crippen LogP contribution in [-0.2, 0) is 6.42 Å². The zero-order valence-electron chi connectivity index (χ0n) is 15.1. The van der Waals surface area contributed by atoms with E-state index >= 15 is 0 Å². The molecule has 1 N–H and O–H groups in total. The monoisotopic (exact) mass is 420 g/mol. The largest absolute Gasteiger partial charge is 0.490 e. The average molecular weight is 421 g/mol. The zero-order chi connectivity index (χ0) is 20.5. The van der Waals surface area contributed by atoms with E-state index in [9.17, 15) is 13.2 Å². The molecular formula is C22H16ClF3O3. The number of fused-ring (bicyclic) bond motifs is 1. The van der Waals surface area contributed by atoms with Gasteiger partial charge in [-0.1, -0.05) is 41.9 Å². The Morgan fingerprint density at radius 2 is 1.79 bits per heavy atom. The Bertz CT molecular complexity index is 1060. The molecule has 0 radical (unpaired) electrons. The van der Waals surface area contributed by atoms with Gasteiger partial charge in [0.05, 0.1) is 17.2 Å². The summed E-state index contributed by atoms with van der Waals surface area (Å²) in [4.78, 5) is 0. The molecule has 1 aliphatic rings. The van der Waals surface area contributed by atoms with Crippen LogP contribution in [-0.4, -0.2) is 18.3 Å². The Morgan fingerprint density at radius 3 is 2.52 bits per heavy atom. The van der Waals surface area contributed by atoms with Gasteiger partial charge in [-0.25, -0.2) is 13.2 Å². The SMILES string of the molecule is OCCOc1ccc(F)c(F)c1-c1c(Cl)c(F)cc2c1CC(c1ccccc1)O2. The lowest BCUT2D eigenvalue weighted by Gasteiger charge is -2.16. The molecule has 150 valence electrons. The quantitative estimate of drug-likeness (QED) is 0.594. The lowest BCUT2D eigenvalue weighted by atomic mass is 9.93. The Morgan fingerprint density at radius 1 is 1.03 bits per heavy atom. The van der Waals surface area contributed by atoms with Crippen molar-refractivity contribution in [1.29, 1.82) is 0 Å². The van der Waals surface area contributed by atoms with E-state index in [1.54, 1.807) is 0 Å². The van der Waals surface area contributed by atoms with Crippen LogP contribution in [0.3, 0.4) is 0 Å². The van der Waals surface area contributed by atoms with Gasteiger partial charge < -0.3 is 14.6 Å². The molecule has 0 amide bonds. The first kappa shape index (κ1) is 19.6. The van der Waals surface area contributed by atoms with Crippen molar-refractivity contribution in [3.8, 4) is 22.6 Å². The highest BCUT2D eigenvalue weighted by Crippen LogP contribution is 2.49. The van der Waals surface area contributed by atoms with Crippen LogP contribution in [0, 0.1) is 17.5 Å². The molecule has 7 heteroatoms. The van der Waals surface area contributed by atoms with Crippen LogP contribution < -0.4 is 9.47 Å². The molecule has 0 fully saturated rings. The van der Waals surface area contributed by atoms with Crippen LogP contribution in [0.4, 0.5) is 13.2 Å². The van der Waals surface area contributed by atoms with Crippen LogP contribution in [0.25, 0.3) is 11.1 Å². The molecular weight excluding hydrogens is 405 g/mol. The minimum Gasteiger partial charge on any atom is -0.490 e. The molecule has 0 spiro atoms. The summed E-state index contributed by atoms with van der Waals surface area (Å²) < 4.78 is 54.7. The summed E-state index contributed by atoms with van der Waals surface area (Å²) in [6.07, 6.45) is -0.120. The molecule has 1 heterocycles. The van der Waals surface area contributed by atoms with E-state index < -0.39 is 23.6 Å². The Kier molecular flexibility index (Phi) is 5.39. The van der Waals surface area contributed by atoms with Gasteiger partial charge in [-0.05, 0) is 17.7 Å². The highest BCUT2D eigenvalue weighted by Gasteiger charge is 2.33. The lowest BCUT2D eigenvalue weighted by molar-refractivity contribution is 0.201. The van der Waals surface area contributed by atoms with E-state index in [2.05, 4.69) is 0 Å². The number of rotatable bonds is 5. The highest BCUT2D eigenvalue weighted by molar-refractivity contribution is 6.34. The lowest BCUT2D eigenvalue weighted by Crippen LogP contribution is -2.06. The first-order valence-corrected chi connectivity index (χ1v) is 9.33. The van der Waals surface area contributed by atoms with Crippen molar-refractivity contribution in [3.63, 3.8) is 0 Å². The Labute approximate surface area is 170 Å². The van der Waals surface area contributed by atoms with Crippen molar-refractivity contribution in [3.05, 3.63) is 82.1 Å². The highest BCUT2D eigenvalue weighted by atomic mass is 35.5. The van der Waals surface area contributed by atoms with E-state index in [1.807, 2.05) is 30.3 Å². The number of halogens is 4. The van der Waals surface area contributed by atoms with Crippen LogP contribution in [0.2, 0.25) is 5.02 Å². The van der Waals surface area contributed by atoms with Crippen LogP contribution in [0.15, 0.2) is 48.5 Å². The van der Waals surface area contributed by atoms with Crippen molar-refractivity contribution in [2.75, 3.05) is 13.2 Å². The molecule has 0 saturated carbocycles. The van der Waals surface area contributed by atoms with Crippen molar-refractivity contribution >= 4 is 11.6 Å². The summed E-state index contributed by atoms with van der Waals surface area (Å²) >= 11 is 6.21. The second kappa shape index (κ2) is 7.97. The molecule has 0 aliphatic carbocycles. The maximum Gasteiger partial charge on any atom is 0.170 e. The van der Waals surface area contributed by atoms with Crippen LogP contribution in [0.1, 0.15) is 17.2 Å². The molecule has 0 aromatic heterocycles. The Hall–Kier alpha value is -2.70. The third kappa shape index (κ3) is 3.54. The molecule has 4 rings (SSSR count). The zero-order valence-corrected chi connectivity index (χ0v) is 15.8. The number of benzene rings is 3. The summed E-state index contributed by atoms with van der Waals surface area (Å²) in [5.74, 6) is -2.98. The topological polar surface area (TPSA) is 38.7 Å². The van der Waals surface area contributed by atoms with E-state index in [1.165, 1.54) is 6.07 Å². The number of aliphatic hydroxyl groups excluding tert-OH is 1. The van der Waals surface area contributed by atoms with Crippen LogP contribution >= 0.6 is 11.6 Å². The maximum atomic E-state index is 14.8. The second-order valence-electron chi connectivity index (χ2n) is 6.55. The maximum absolute atomic E-state index is 14.8. The number of hydrogen-bond donors (Lipinski definition) is 1. The first-order valence-electron chi connectivity index (χ1n) is 8.95. The minimum atomic E-state index is -1.21. The normalized spacial score (nSPS) is 15.1. The van der Waals surface area contributed by atoms with E-state index in [4.69, 9.17) is 26.2 Å². The van der Waals surface area contributed by atoms with Crippen molar-refractivity contribution in [1.82, 2.24) is 0 Å².